The average molecular weight is 334 g/mol. The zero-order valence-corrected chi connectivity index (χ0v) is 14.3. The summed E-state index contributed by atoms with van der Waals surface area (Å²) in [4.78, 5) is 22.7. The van der Waals surface area contributed by atoms with Crippen molar-refractivity contribution in [2.45, 2.75) is 58.0 Å². The smallest absolute Gasteiger partial charge is 0.320 e. The van der Waals surface area contributed by atoms with Crippen LogP contribution in [-0.2, 0) is 16.0 Å². The third-order valence-electron chi connectivity index (χ3n) is 4.56. The van der Waals surface area contributed by atoms with Crippen molar-refractivity contribution >= 4 is 17.5 Å². The Morgan fingerprint density at radius 2 is 2.25 bits per heavy atom. The Bertz CT molecular complexity index is 587. The van der Waals surface area contributed by atoms with Gasteiger partial charge in [0.25, 0.3) is 0 Å². The molecule has 0 radical (unpaired) electrons. The van der Waals surface area contributed by atoms with Gasteiger partial charge >= 0.3 is 6.01 Å². The zero-order valence-electron chi connectivity index (χ0n) is 14.3. The average Bonchev–Trinajstić information content (AvgIpc) is 2.90. The molecule has 1 atom stereocenters. The van der Waals surface area contributed by atoms with Gasteiger partial charge in [0.15, 0.2) is 0 Å². The molecule has 132 valence electrons. The van der Waals surface area contributed by atoms with Gasteiger partial charge in [0.05, 0.1) is 19.1 Å². The first-order chi connectivity index (χ1) is 11.7. The summed E-state index contributed by atoms with van der Waals surface area (Å²) in [7, 11) is 0. The predicted molar refractivity (Wildman–Crippen MR) is 91.1 cm³/mol. The highest BCUT2D eigenvalue weighted by atomic mass is 16.5. The molecule has 0 aliphatic carbocycles. The highest BCUT2D eigenvalue weighted by molar-refractivity contribution is 6.01. The molecular formula is C17H26N4O3. The van der Waals surface area contributed by atoms with Gasteiger partial charge in [-0.05, 0) is 32.1 Å². The lowest BCUT2D eigenvalue weighted by molar-refractivity contribution is -0.117. The fourth-order valence-corrected chi connectivity index (χ4v) is 3.14. The molecule has 7 nitrogen and oxygen atoms in total. The van der Waals surface area contributed by atoms with Gasteiger partial charge < -0.3 is 15.2 Å². The van der Waals surface area contributed by atoms with Crippen LogP contribution in [0.1, 0.15) is 51.0 Å². The normalized spacial score (nSPS) is 20.3. The number of aromatic nitrogens is 2. The summed E-state index contributed by atoms with van der Waals surface area (Å²) in [6.45, 7) is 4.06. The van der Waals surface area contributed by atoms with E-state index in [1.54, 1.807) is 4.90 Å². The van der Waals surface area contributed by atoms with Crippen LogP contribution in [0.25, 0.3) is 0 Å². The molecule has 0 spiro atoms. The van der Waals surface area contributed by atoms with Crippen molar-refractivity contribution < 1.29 is 14.3 Å². The summed E-state index contributed by atoms with van der Waals surface area (Å²) in [5, 5.41) is 0. The Hall–Kier alpha value is -1.89. The van der Waals surface area contributed by atoms with E-state index in [9.17, 15) is 4.79 Å². The van der Waals surface area contributed by atoms with Gasteiger partial charge in [0.2, 0.25) is 5.91 Å². The maximum atomic E-state index is 12.3. The Morgan fingerprint density at radius 3 is 3.00 bits per heavy atom. The van der Waals surface area contributed by atoms with Gasteiger partial charge in [-0.25, -0.2) is 0 Å². The maximum absolute atomic E-state index is 12.3. The fraction of sp³-hybridized carbons (Fsp3) is 0.706. The van der Waals surface area contributed by atoms with Gasteiger partial charge in [0, 0.05) is 18.7 Å². The first-order valence-corrected chi connectivity index (χ1v) is 8.90. The second-order valence-corrected chi connectivity index (χ2v) is 6.40. The topological polar surface area (TPSA) is 90.6 Å². The van der Waals surface area contributed by atoms with Crippen LogP contribution in [0.3, 0.4) is 0 Å². The summed E-state index contributed by atoms with van der Waals surface area (Å²) >= 11 is 0. The number of carbonyl (C=O) groups is 1. The molecule has 3 rings (SSSR count). The van der Waals surface area contributed by atoms with Crippen LogP contribution in [0, 0.1) is 0 Å². The number of anilines is 2. The monoisotopic (exact) mass is 334 g/mol. The molecule has 0 aromatic carbocycles. The van der Waals surface area contributed by atoms with E-state index >= 15 is 0 Å². The second-order valence-electron chi connectivity index (χ2n) is 6.40. The third kappa shape index (κ3) is 3.77. The van der Waals surface area contributed by atoms with Gasteiger partial charge in [-0.2, -0.15) is 9.97 Å². The van der Waals surface area contributed by atoms with E-state index in [0.29, 0.717) is 30.4 Å². The van der Waals surface area contributed by atoms with Crippen LogP contribution in [0.2, 0.25) is 0 Å². The molecule has 7 heteroatoms. The molecule has 1 fully saturated rings. The first-order valence-electron chi connectivity index (χ1n) is 8.90. The molecule has 2 N–H and O–H groups in total. The standard InChI is InChI=1S/C17H26N4O3/c1-2-3-9-24-17-19-15(18)13-11-14(22)21(16(13)20-17)8-7-12-6-4-5-10-23-12/h12H,2-11H2,1H3,(H2,18,19,20). The Labute approximate surface area is 142 Å². The van der Waals surface area contributed by atoms with Crippen LogP contribution in [-0.4, -0.2) is 41.7 Å². The number of unbranched alkanes of at least 4 members (excludes halogenated alkanes) is 1. The van der Waals surface area contributed by atoms with Crippen molar-refractivity contribution in [3.8, 4) is 6.01 Å². The molecule has 1 aromatic rings. The fourth-order valence-electron chi connectivity index (χ4n) is 3.14. The van der Waals surface area contributed by atoms with Crippen LogP contribution >= 0.6 is 0 Å². The van der Waals surface area contributed by atoms with Crippen molar-refractivity contribution in [3.63, 3.8) is 0 Å². The molecule has 1 aromatic heterocycles. The molecule has 24 heavy (non-hydrogen) atoms. The highest BCUT2D eigenvalue weighted by Crippen LogP contribution is 2.32. The molecule has 1 amide bonds. The molecule has 1 unspecified atom stereocenters. The van der Waals surface area contributed by atoms with Crippen molar-refractivity contribution in [2.75, 3.05) is 30.4 Å². The Kier molecular flexibility index (Phi) is 5.50. The van der Waals surface area contributed by atoms with E-state index in [-0.39, 0.29) is 24.4 Å². The van der Waals surface area contributed by atoms with Gasteiger partial charge in [-0.15, -0.1) is 0 Å². The molecule has 2 aliphatic rings. The summed E-state index contributed by atoms with van der Waals surface area (Å²) in [5.41, 5.74) is 6.72. The Morgan fingerprint density at radius 1 is 1.38 bits per heavy atom. The van der Waals surface area contributed by atoms with E-state index in [2.05, 4.69) is 16.9 Å². The number of nitrogens with zero attached hydrogens (tertiary/aromatic N) is 3. The molecular weight excluding hydrogens is 308 g/mol. The number of carbonyl (C=O) groups excluding carboxylic acids is 1. The van der Waals surface area contributed by atoms with E-state index in [1.165, 1.54) is 6.42 Å². The van der Waals surface area contributed by atoms with Gasteiger partial charge in [-0.1, -0.05) is 13.3 Å². The van der Waals surface area contributed by atoms with Crippen LogP contribution in [0.5, 0.6) is 6.01 Å². The summed E-state index contributed by atoms with van der Waals surface area (Å²) in [5.74, 6) is 0.971. The predicted octanol–water partition coefficient (Wildman–Crippen LogP) is 2.09. The quantitative estimate of drug-likeness (QED) is 0.768. The Balaban J connectivity index is 1.69. The molecule has 1 saturated heterocycles. The summed E-state index contributed by atoms with van der Waals surface area (Å²) in [6, 6.07) is 0.258. The largest absolute Gasteiger partial charge is 0.463 e. The number of nitrogen functional groups attached to an aromatic ring is 1. The van der Waals surface area contributed by atoms with Crippen molar-refractivity contribution in [2.24, 2.45) is 0 Å². The lowest BCUT2D eigenvalue weighted by Gasteiger charge is -2.25. The summed E-state index contributed by atoms with van der Waals surface area (Å²) in [6.07, 6.45) is 6.67. The van der Waals surface area contributed by atoms with Crippen LogP contribution in [0.4, 0.5) is 11.6 Å². The minimum absolute atomic E-state index is 0.0208. The van der Waals surface area contributed by atoms with Crippen LogP contribution < -0.4 is 15.4 Å². The third-order valence-corrected chi connectivity index (χ3v) is 4.56. The number of hydrogen-bond donors (Lipinski definition) is 1. The van der Waals surface area contributed by atoms with Crippen molar-refractivity contribution in [1.82, 2.24) is 9.97 Å². The minimum atomic E-state index is 0.0208. The first kappa shape index (κ1) is 17.0. The number of nitrogens with two attached hydrogens (primary N) is 1. The molecule has 3 heterocycles. The maximum Gasteiger partial charge on any atom is 0.320 e. The van der Waals surface area contributed by atoms with Crippen LogP contribution in [0.15, 0.2) is 0 Å². The summed E-state index contributed by atoms with van der Waals surface area (Å²) < 4.78 is 11.3. The van der Waals surface area contributed by atoms with Gasteiger partial charge in [0.1, 0.15) is 11.6 Å². The highest BCUT2D eigenvalue weighted by Gasteiger charge is 2.32. The molecule has 0 saturated carbocycles. The lowest BCUT2D eigenvalue weighted by atomic mass is 10.1. The number of amides is 1. The molecule has 2 aliphatic heterocycles. The van der Waals surface area contributed by atoms with Crippen molar-refractivity contribution in [1.29, 1.82) is 0 Å². The SMILES string of the molecule is CCCCOc1nc(N)c2c(n1)N(CCC1CCCCO1)C(=O)C2. The minimum Gasteiger partial charge on any atom is -0.463 e. The second kappa shape index (κ2) is 7.79. The van der Waals surface area contributed by atoms with E-state index in [1.807, 2.05) is 0 Å². The number of ether oxygens (including phenoxy) is 2. The van der Waals surface area contributed by atoms with E-state index in [4.69, 9.17) is 15.2 Å². The van der Waals surface area contributed by atoms with Gasteiger partial charge in [-0.3, -0.25) is 9.69 Å². The lowest BCUT2D eigenvalue weighted by Crippen LogP contribution is -2.32. The number of hydrogen-bond acceptors (Lipinski definition) is 6. The van der Waals surface area contributed by atoms with E-state index in [0.717, 1.165) is 38.7 Å². The number of rotatable bonds is 7. The number of fused-ring (bicyclic) bond motifs is 1. The zero-order chi connectivity index (χ0) is 16.9. The van der Waals surface area contributed by atoms with Crippen molar-refractivity contribution in [3.05, 3.63) is 5.56 Å². The molecule has 0 bridgehead atoms. The van der Waals surface area contributed by atoms with E-state index < -0.39 is 0 Å².